The largest absolute Gasteiger partial charge is 0.343 e. The van der Waals surface area contributed by atoms with Gasteiger partial charge in [0.05, 0.1) is 18.4 Å². The number of rotatable bonds is 5. The Bertz CT molecular complexity index is 1010. The Kier molecular flexibility index (Phi) is 4.21. The van der Waals surface area contributed by atoms with Gasteiger partial charge in [-0.2, -0.15) is 0 Å². The van der Waals surface area contributed by atoms with E-state index < -0.39 is 0 Å². The average Bonchev–Trinajstić information content (AvgIpc) is 3.37. The molecule has 26 heavy (non-hydrogen) atoms. The fourth-order valence-corrected chi connectivity index (χ4v) is 2.51. The summed E-state index contributed by atoms with van der Waals surface area (Å²) in [7, 11) is 0. The SMILES string of the molecule is O=C(NCc1nncn1-c1ccccc1)c1cn(-c2ccccc2)nn1. The maximum absolute atomic E-state index is 12.3. The number of aromatic nitrogens is 6. The van der Waals surface area contributed by atoms with Crippen LogP contribution in [-0.4, -0.2) is 35.7 Å². The van der Waals surface area contributed by atoms with Crippen molar-refractivity contribution >= 4 is 5.91 Å². The predicted molar refractivity (Wildman–Crippen MR) is 93.9 cm³/mol. The molecule has 4 aromatic rings. The minimum Gasteiger partial charge on any atom is -0.343 e. The Labute approximate surface area is 149 Å². The first kappa shape index (κ1) is 15.7. The monoisotopic (exact) mass is 345 g/mol. The van der Waals surface area contributed by atoms with E-state index in [1.54, 1.807) is 17.2 Å². The standard InChI is InChI=1S/C18H15N7O/c26-18(16-12-25(23-21-16)15-9-5-2-6-10-15)19-11-17-22-20-13-24(17)14-7-3-1-4-8-14/h1-10,12-13H,11H2,(H,19,26). The highest BCUT2D eigenvalue weighted by atomic mass is 16.2. The lowest BCUT2D eigenvalue weighted by atomic mass is 10.3. The second kappa shape index (κ2) is 6.98. The molecule has 0 bridgehead atoms. The zero-order valence-electron chi connectivity index (χ0n) is 13.7. The first-order valence-corrected chi connectivity index (χ1v) is 8.01. The van der Waals surface area contributed by atoms with E-state index in [1.165, 1.54) is 0 Å². The third-order valence-corrected chi connectivity index (χ3v) is 3.81. The lowest BCUT2D eigenvalue weighted by Gasteiger charge is -2.06. The van der Waals surface area contributed by atoms with Gasteiger partial charge < -0.3 is 5.32 Å². The fourth-order valence-electron chi connectivity index (χ4n) is 2.51. The highest BCUT2D eigenvalue weighted by molar-refractivity contribution is 5.91. The Morgan fingerprint density at radius 1 is 0.923 bits per heavy atom. The van der Waals surface area contributed by atoms with Crippen LogP contribution in [0.15, 0.2) is 73.2 Å². The van der Waals surface area contributed by atoms with Gasteiger partial charge >= 0.3 is 0 Å². The molecule has 0 atom stereocenters. The molecule has 0 saturated heterocycles. The van der Waals surface area contributed by atoms with Gasteiger partial charge in [0.15, 0.2) is 11.5 Å². The molecule has 2 aromatic heterocycles. The van der Waals surface area contributed by atoms with E-state index >= 15 is 0 Å². The smallest absolute Gasteiger partial charge is 0.273 e. The maximum atomic E-state index is 12.3. The van der Waals surface area contributed by atoms with Crippen LogP contribution in [0.1, 0.15) is 16.3 Å². The lowest BCUT2D eigenvalue weighted by molar-refractivity contribution is 0.0944. The molecule has 128 valence electrons. The van der Waals surface area contributed by atoms with Crippen LogP contribution in [-0.2, 0) is 6.54 Å². The molecule has 4 rings (SSSR count). The van der Waals surface area contributed by atoms with Crippen LogP contribution in [0.2, 0.25) is 0 Å². The van der Waals surface area contributed by atoms with Crippen molar-refractivity contribution in [3.8, 4) is 11.4 Å². The van der Waals surface area contributed by atoms with Crippen LogP contribution in [0.25, 0.3) is 11.4 Å². The Morgan fingerprint density at radius 2 is 1.62 bits per heavy atom. The van der Waals surface area contributed by atoms with Crippen molar-refractivity contribution in [1.29, 1.82) is 0 Å². The Hall–Kier alpha value is -3.81. The molecule has 0 aliphatic carbocycles. The minimum atomic E-state index is -0.324. The molecule has 2 heterocycles. The molecule has 0 spiro atoms. The molecule has 0 aliphatic heterocycles. The molecule has 1 amide bonds. The first-order chi connectivity index (χ1) is 12.8. The number of nitrogens with zero attached hydrogens (tertiary/aromatic N) is 6. The second-order valence-electron chi connectivity index (χ2n) is 5.52. The molecule has 1 N–H and O–H groups in total. The maximum Gasteiger partial charge on any atom is 0.273 e. The summed E-state index contributed by atoms with van der Waals surface area (Å²) in [6, 6.07) is 19.2. The molecule has 0 aliphatic rings. The van der Waals surface area contributed by atoms with E-state index in [9.17, 15) is 4.79 Å². The van der Waals surface area contributed by atoms with E-state index in [4.69, 9.17) is 0 Å². The Balaban J connectivity index is 1.46. The number of benzene rings is 2. The third kappa shape index (κ3) is 3.20. The van der Waals surface area contributed by atoms with E-state index in [2.05, 4.69) is 25.8 Å². The van der Waals surface area contributed by atoms with Crippen molar-refractivity contribution in [1.82, 2.24) is 35.1 Å². The van der Waals surface area contributed by atoms with Gasteiger partial charge in [-0.3, -0.25) is 9.36 Å². The molecular weight excluding hydrogens is 330 g/mol. The van der Waals surface area contributed by atoms with Crippen molar-refractivity contribution < 1.29 is 4.79 Å². The number of hydrogen-bond acceptors (Lipinski definition) is 5. The number of nitrogens with one attached hydrogen (secondary N) is 1. The van der Waals surface area contributed by atoms with E-state index in [-0.39, 0.29) is 18.1 Å². The van der Waals surface area contributed by atoms with Crippen LogP contribution in [0.4, 0.5) is 0 Å². The van der Waals surface area contributed by atoms with Gasteiger partial charge in [0.25, 0.3) is 5.91 Å². The summed E-state index contributed by atoms with van der Waals surface area (Å²) in [6.07, 6.45) is 3.20. The van der Waals surface area contributed by atoms with Gasteiger partial charge in [0.2, 0.25) is 0 Å². The fraction of sp³-hybridized carbons (Fsp3) is 0.0556. The van der Waals surface area contributed by atoms with Gasteiger partial charge in [-0.05, 0) is 24.3 Å². The normalized spacial score (nSPS) is 10.6. The van der Waals surface area contributed by atoms with Crippen LogP contribution in [0, 0.1) is 0 Å². The predicted octanol–water partition coefficient (Wildman–Crippen LogP) is 1.78. The first-order valence-electron chi connectivity index (χ1n) is 8.01. The zero-order valence-corrected chi connectivity index (χ0v) is 13.7. The van der Waals surface area contributed by atoms with Crippen molar-refractivity contribution in [3.63, 3.8) is 0 Å². The van der Waals surface area contributed by atoms with Gasteiger partial charge in [-0.15, -0.1) is 15.3 Å². The van der Waals surface area contributed by atoms with Gasteiger partial charge in [-0.1, -0.05) is 41.6 Å². The number of carbonyl (C=O) groups excluding carboxylic acids is 1. The van der Waals surface area contributed by atoms with E-state index in [0.717, 1.165) is 11.4 Å². The summed E-state index contributed by atoms with van der Waals surface area (Å²) in [6.45, 7) is 0.228. The van der Waals surface area contributed by atoms with Crippen molar-refractivity contribution in [3.05, 3.63) is 84.7 Å². The molecule has 0 radical (unpaired) electrons. The highest BCUT2D eigenvalue weighted by Crippen LogP contribution is 2.09. The van der Waals surface area contributed by atoms with Crippen LogP contribution >= 0.6 is 0 Å². The summed E-state index contributed by atoms with van der Waals surface area (Å²) in [5.41, 5.74) is 2.00. The van der Waals surface area contributed by atoms with E-state index in [1.807, 2.05) is 65.2 Å². The molecule has 0 fully saturated rings. The molecule has 2 aromatic carbocycles. The Morgan fingerprint density at radius 3 is 2.35 bits per heavy atom. The van der Waals surface area contributed by atoms with Crippen LogP contribution < -0.4 is 5.32 Å². The van der Waals surface area contributed by atoms with Crippen molar-refractivity contribution in [2.45, 2.75) is 6.54 Å². The molecule has 8 nitrogen and oxygen atoms in total. The van der Waals surface area contributed by atoms with Crippen molar-refractivity contribution in [2.75, 3.05) is 0 Å². The van der Waals surface area contributed by atoms with Gasteiger partial charge in [0, 0.05) is 5.69 Å². The quantitative estimate of drug-likeness (QED) is 0.595. The summed E-state index contributed by atoms with van der Waals surface area (Å²) < 4.78 is 3.38. The number of hydrogen-bond donors (Lipinski definition) is 1. The summed E-state index contributed by atoms with van der Waals surface area (Å²) in [5, 5.41) is 18.7. The van der Waals surface area contributed by atoms with Crippen LogP contribution in [0.3, 0.4) is 0 Å². The molecule has 8 heteroatoms. The summed E-state index contributed by atoms with van der Waals surface area (Å²) in [5.74, 6) is 0.301. The number of carbonyl (C=O) groups is 1. The molecule has 0 unspecified atom stereocenters. The topological polar surface area (TPSA) is 90.5 Å². The second-order valence-corrected chi connectivity index (χ2v) is 5.52. The van der Waals surface area contributed by atoms with Gasteiger partial charge in [0.1, 0.15) is 6.33 Å². The molecule has 0 saturated carbocycles. The van der Waals surface area contributed by atoms with Gasteiger partial charge in [-0.25, -0.2) is 4.68 Å². The lowest BCUT2D eigenvalue weighted by Crippen LogP contribution is -2.25. The summed E-state index contributed by atoms with van der Waals surface area (Å²) >= 11 is 0. The highest BCUT2D eigenvalue weighted by Gasteiger charge is 2.13. The van der Waals surface area contributed by atoms with E-state index in [0.29, 0.717) is 5.82 Å². The zero-order chi connectivity index (χ0) is 17.8. The number of amides is 1. The van der Waals surface area contributed by atoms with Crippen LogP contribution in [0.5, 0.6) is 0 Å². The third-order valence-electron chi connectivity index (χ3n) is 3.81. The number of para-hydroxylation sites is 2. The molecular formula is C18H15N7O. The summed E-state index contributed by atoms with van der Waals surface area (Å²) in [4.78, 5) is 12.3. The average molecular weight is 345 g/mol. The minimum absolute atomic E-state index is 0.228. The van der Waals surface area contributed by atoms with Crippen molar-refractivity contribution in [2.24, 2.45) is 0 Å².